The summed E-state index contributed by atoms with van der Waals surface area (Å²) in [5.74, 6) is 0.435. The zero-order valence-corrected chi connectivity index (χ0v) is 28.6. The van der Waals surface area contributed by atoms with E-state index in [0.717, 1.165) is 49.6 Å². The zero-order chi connectivity index (χ0) is 33.9. The van der Waals surface area contributed by atoms with Gasteiger partial charge in [0.1, 0.15) is 0 Å². The molecule has 8 aromatic rings. The number of hydrogen-bond acceptors (Lipinski definition) is 4. The Balaban J connectivity index is 1.39. The summed E-state index contributed by atoms with van der Waals surface area (Å²) in [6.45, 7) is 6.42. The van der Waals surface area contributed by atoms with Crippen LogP contribution in [0.1, 0.15) is 26.3 Å². The zero-order valence-electron chi connectivity index (χ0n) is 27.1. The minimum atomic E-state index is -0.268. The number of nitrogens with zero attached hydrogens (tertiary/aromatic N) is 3. The Morgan fingerprint density at radius 1 is 0.633 bits per heavy atom. The predicted octanol–water partition coefficient (Wildman–Crippen LogP) is 12.1. The van der Waals surface area contributed by atoms with Gasteiger partial charge in [-0.3, -0.25) is 0 Å². The van der Waals surface area contributed by atoms with Crippen molar-refractivity contribution < 1.29 is 9.63 Å². The third-order valence-electron chi connectivity index (χ3n) is 9.02. The van der Waals surface area contributed by atoms with E-state index in [4.69, 9.17) is 27.7 Å². The van der Waals surface area contributed by atoms with Crippen LogP contribution in [-0.2, 0) is 5.41 Å². The molecule has 6 aromatic carbocycles. The second-order valence-electron chi connectivity index (χ2n) is 13.2. The van der Waals surface area contributed by atoms with Crippen LogP contribution in [0.5, 0.6) is 5.75 Å². The smallest absolute Gasteiger partial charge is 0.261 e. The molecule has 0 atom stereocenters. The molecule has 0 fully saturated rings. The fraction of sp³-hybridized carbons (Fsp3) is 0.0952. The first-order chi connectivity index (χ1) is 23.7. The average Bonchev–Trinajstić information content (AvgIpc) is 3.71. The van der Waals surface area contributed by atoms with E-state index in [9.17, 15) is 5.11 Å². The summed E-state index contributed by atoms with van der Waals surface area (Å²) in [7, 11) is 0. The van der Waals surface area contributed by atoms with E-state index in [1.807, 2.05) is 18.2 Å². The van der Waals surface area contributed by atoms with Gasteiger partial charge in [0.25, 0.3) is 5.89 Å². The lowest BCUT2D eigenvalue weighted by atomic mass is 9.85. The summed E-state index contributed by atoms with van der Waals surface area (Å²) in [4.78, 5) is 4.68. The van der Waals surface area contributed by atoms with Gasteiger partial charge in [-0.2, -0.15) is 4.98 Å². The molecule has 240 valence electrons. The van der Waals surface area contributed by atoms with Crippen LogP contribution in [0.4, 0.5) is 0 Å². The molecular formula is C42H31Cl2N3O2. The van der Waals surface area contributed by atoms with Crippen LogP contribution in [-0.4, -0.2) is 19.8 Å². The van der Waals surface area contributed by atoms with Crippen molar-refractivity contribution in [2.45, 2.75) is 26.2 Å². The monoisotopic (exact) mass is 679 g/mol. The van der Waals surface area contributed by atoms with E-state index in [2.05, 4.69) is 126 Å². The number of halogens is 2. The van der Waals surface area contributed by atoms with Crippen LogP contribution in [0.25, 0.3) is 72.6 Å². The first-order valence-corrected chi connectivity index (χ1v) is 16.8. The molecule has 0 aliphatic rings. The Hall–Kier alpha value is -5.36. The molecule has 0 unspecified atom stereocenters. The number of phenols is 1. The van der Waals surface area contributed by atoms with Gasteiger partial charge >= 0.3 is 0 Å². The van der Waals surface area contributed by atoms with Gasteiger partial charge in [-0.15, -0.1) is 0 Å². The van der Waals surface area contributed by atoms with Crippen molar-refractivity contribution in [3.8, 4) is 56.5 Å². The number of phenolic OH excluding ortho intramolecular Hbond substituents is 1. The van der Waals surface area contributed by atoms with Gasteiger partial charge in [0.2, 0.25) is 5.82 Å². The van der Waals surface area contributed by atoms with E-state index >= 15 is 0 Å². The number of fused-ring (bicyclic) bond motifs is 3. The first kappa shape index (κ1) is 30.9. The molecule has 0 amide bonds. The fourth-order valence-electron chi connectivity index (χ4n) is 6.43. The van der Waals surface area contributed by atoms with Crippen molar-refractivity contribution in [3.05, 3.63) is 143 Å². The molecule has 2 heterocycles. The minimum absolute atomic E-state index is 0.0312. The highest BCUT2D eigenvalue weighted by Gasteiger charge is 2.26. The number of aromatic hydroxyl groups is 1. The lowest BCUT2D eigenvalue weighted by Gasteiger charge is -2.23. The van der Waals surface area contributed by atoms with Gasteiger partial charge in [0.05, 0.1) is 37.9 Å². The number of aromatic nitrogens is 3. The fourth-order valence-corrected chi connectivity index (χ4v) is 6.99. The predicted molar refractivity (Wildman–Crippen MR) is 201 cm³/mol. The maximum atomic E-state index is 12.2. The standard InChI is InChI=1S/C42H31Cl2N3O2/c1-42(2,3)29-23-32(40-45-41(49-46-40)38-33(43)15-10-16-34(38)44)39(48)37(24-29)47-35-19-17-27(25-11-6-4-7-12-25)21-30(35)31-22-28(18-20-36(31)47)26-13-8-5-9-14-26/h4-24,48H,1-3H3. The molecule has 1 N–H and O–H groups in total. The Labute approximate surface area is 294 Å². The third-order valence-corrected chi connectivity index (χ3v) is 9.65. The van der Waals surface area contributed by atoms with E-state index in [1.54, 1.807) is 18.2 Å². The molecule has 0 radical (unpaired) electrons. The van der Waals surface area contributed by atoms with Crippen molar-refractivity contribution in [1.82, 2.24) is 14.7 Å². The molecule has 0 spiro atoms. The number of rotatable bonds is 5. The highest BCUT2D eigenvalue weighted by Crippen LogP contribution is 2.44. The van der Waals surface area contributed by atoms with Gasteiger partial charge < -0.3 is 14.2 Å². The van der Waals surface area contributed by atoms with Crippen molar-refractivity contribution in [2.24, 2.45) is 0 Å². The normalized spacial score (nSPS) is 11.9. The Bertz CT molecular complexity index is 2400. The highest BCUT2D eigenvalue weighted by atomic mass is 35.5. The molecule has 0 bridgehead atoms. The summed E-state index contributed by atoms with van der Waals surface area (Å²) in [5.41, 5.74) is 8.65. The molecule has 0 aliphatic carbocycles. The van der Waals surface area contributed by atoms with Gasteiger partial charge in [-0.1, -0.05) is 128 Å². The molecule has 0 saturated carbocycles. The second kappa shape index (κ2) is 12.0. The van der Waals surface area contributed by atoms with Crippen LogP contribution >= 0.6 is 23.2 Å². The lowest BCUT2D eigenvalue weighted by Crippen LogP contribution is -2.12. The van der Waals surface area contributed by atoms with Crippen LogP contribution in [0.2, 0.25) is 10.0 Å². The van der Waals surface area contributed by atoms with Crippen molar-refractivity contribution in [3.63, 3.8) is 0 Å². The van der Waals surface area contributed by atoms with Gasteiger partial charge in [-0.25, -0.2) is 0 Å². The third kappa shape index (κ3) is 5.45. The molecule has 8 rings (SSSR count). The summed E-state index contributed by atoms with van der Waals surface area (Å²) in [6, 6.07) is 42.9. The SMILES string of the molecule is CC(C)(C)c1cc(-c2noc(-c3c(Cl)cccc3Cl)n2)c(O)c(-n2c3ccc(-c4ccccc4)cc3c3cc(-c4ccccc4)ccc32)c1. The van der Waals surface area contributed by atoms with Crippen LogP contribution in [0.3, 0.4) is 0 Å². The van der Waals surface area contributed by atoms with E-state index in [1.165, 1.54) is 0 Å². The quantitative estimate of drug-likeness (QED) is 0.197. The minimum Gasteiger partial charge on any atom is -0.505 e. The summed E-state index contributed by atoms with van der Waals surface area (Å²) < 4.78 is 7.81. The van der Waals surface area contributed by atoms with Crippen LogP contribution < -0.4 is 0 Å². The maximum absolute atomic E-state index is 12.2. The van der Waals surface area contributed by atoms with Crippen molar-refractivity contribution in [2.75, 3.05) is 0 Å². The Kier molecular flexibility index (Phi) is 7.55. The molecular weight excluding hydrogens is 649 g/mol. The van der Waals surface area contributed by atoms with Crippen molar-refractivity contribution in [1.29, 1.82) is 0 Å². The summed E-state index contributed by atoms with van der Waals surface area (Å²) in [6.07, 6.45) is 0. The Morgan fingerprint density at radius 3 is 1.71 bits per heavy atom. The molecule has 49 heavy (non-hydrogen) atoms. The number of hydrogen-bond donors (Lipinski definition) is 1. The van der Waals surface area contributed by atoms with Gasteiger partial charge in [0.15, 0.2) is 5.75 Å². The number of benzene rings is 6. The average molecular weight is 681 g/mol. The molecule has 0 aliphatic heterocycles. The maximum Gasteiger partial charge on any atom is 0.261 e. The van der Waals surface area contributed by atoms with Gasteiger partial charge in [-0.05, 0) is 81.8 Å². The van der Waals surface area contributed by atoms with E-state index in [-0.39, 0.29) is 22.9 Å². The molecule has 5 nitrogen and oxygen atoms in total. The molecule has 7 heteroatoms. The second-order valence-corrected chi connectivity index (χ2v) is 14.0. The van der Waals surface area contributed by atoms with E-state index < -0.39 is 0 Å². The topological polar surface area (TPSA) is 64.1 Å². The van der Waals surface area contributed by atoms with Gasteiger partial charge in [0, 0.05) is 10.8 Å². The summed E-state index contributed by atoms with van der Waals surface area (Å²) in [5, 5.41) is 19.4. The largest absolute Gasteiger partial charge is 0.505 e. The van der Waals surface area contributed by atoms with E-state index in [0.29, 0.717) is 26.9 Å². The Morgan fingerprint density at radius 2 is 1.18 bits per heavy atom. The van der Waals surface area contributed by atoms with Crippen molar-refractivity contribution >= 4 is 45.0 Å². The summed E-state index contributed by atoms with van der Waals surface area (Å²) >= 11 is 12.9. The van der Waals surface area contributed by atoms with Crippen LogP contribution in [0.15, 0.2) is 132 Å². The van der Waals surface area contributed by atoms with Crippen LogP contribution in [0, 0.1) is 0 Å². The first-order valence-electron chi connectivity index (χ1n) is 16.0. The lowest BCUT2D eigenvalue weighted by molar-refractivity contribution is 0.431. The highest BCUT2D eigenvalue weighted by molar-refractivity contribution is 6.38. The molecule has 0 saturated heterocycles. The molecule has 2 aromatic heterocycles.